The molecule has 0 fully saturated rings. The standard InChI is InChI=1S/C25H23NO6/c1-12-8-16(23(27)15-10-19(30-3)24(32-5)20(11-15)31-4)13(2)21-17-9-14(25(28)29)6-7-18(17)26-22(12)21/h6-11,26H,1-5H3,(H,28,29). The van der Waals surface area contributed by atoms with Crippen molar-refractivity contribution in [1.29, 1.82) is 0 Å². The van der Waals surface area contributed by atoms with Gasteiger partial charge in [-0.3, -0.25) is 4.79 Å². The Labute approximate surface area is 184 Å². The van der Waals surface area contributed by atoms with Gasteiger partial charge in [0.25, 0.3) is 0 Å². The van der Waals surface area contributed by atoms with Gasteiger partial charge >= 0.3 is 5.97 Å². The summed E-state index contributed by atoms with van der Waals surface area (Å²) in [4.78, 5) is 28.4. The van der Waals surface area contributed by atoms with Gasteiger partial charge in [-0.05, 0) is 61.4 Å². The van der Waals surface area contributed by atoms with E-state index in [1.54, 1.807) is 30.3 Å². The Morgan fingerprint density at radius 3 is 2.09 bits per heavy atom. The summed E-state index contributed by atoms with van der Waals surface area (Å²) < 4.78 is 16.1. The van der Waals surface area contributed by atoms with E-state index in [1.807, 2.05) is 19.9 Å². The lowest BCUT2D eigenvalue weighted by atomic mass is 9.92. The lowest BCUT2D eigenvalue weighted by Gasteiger charge is -2.15. The summed E-state index contributed by atoms with van der Waals surface area (Å²) in [5.41, 5.74) is 4.44. The number of fused-ring (bicyclic) bond motifs is 3. The van der Waals surface area contributed by atoms with Crippen LogP contribution >= 0.6 is 0 Å². The number of aryl methyl sites for hydroxylation is 2. The van der Waals surface area contributed by atoms with Crippen molar-refractivity contribution in [2.45, 2.75) is 13.8 Å². The van der Waals surface area contributed by atoms with Gasteiger partial charge in [-0.15, -0.1) is 0 Å². The highest BCUT2D eigenvalue weighted by atomic mass is 16.5. The minimum atomic E-state index is -1.000. The Morgan fingerprint density at radius 1 is 0.875 bits per heavy atom. The van der Waals surface area contributed by atoms with Crippen LogP contribution in [0.15, 0.2) is 36.4 Å². The molecular formula is C25H23NO6. The molecule has 164 valence electrons. The molecule has 7 heteroatoms. The number of nitrogens with one attached hydrogen (secondary N) is 1. The number of carboxylic acid groups (broad SMARTS) is 1. The van der Waals surface area contributed by atoms with E-state index in [2.05, 4.69) is 4.98 Å². The molecule has 3 aromatic carbocycles. The monoisotopic (exact) mass is 433 g/mol. The topological polar surface area (TPSA) is 97.9 Å². The van der Waals surface area contributed by atoms with Crippen LogP contribution in [0, 0.1) is 13.8 Å². The number of methoxy groups -OCH3 is 3. The van der Waals surface area contributed by atoms with Gasteiger partial charge in [0.05, 0.1) is 26.9 Å². The maximum absolute atomic E-state index is 13.6. The number of rotatable bonds is 6. The van der Waals surface area contributed by atoms with E-state index in [4.69, 9.17) is 14.2 Å². The van der Waals surface area contributed by atoms with Crippen LogP contribution in [0.4, 0.5) is 0 Å². The average Bonchev–Trinajstić information content (AvgIpc) is 3.19. The van der Waals surface area contributed by atoms with Gasteiger partial charge in [0, 0.05) is 32.9 Å². The number of carbonyl (C=O) groups is 2. The number of aromatic carboxylic acids is 1. The lowest BCUT2D eigenvalue weighted by molar-refractivity contribution is 0.0697. The van der Waals surface area contributed by atoms with Gasteiger partial charge in [0.15, 0.2) is 17.3 Å². The number of benzene rings is 3. The first-order chi connectivity index (χ1) is 15.3. The number of ketones is 1. The van der Waals surface area contributed by atoms with Crippen LogP contribution in [-0.2, 0) is 0 Å². The minimum Gasteiger partial charge on any atom is -0.493 e. The number of hydrogen-bond donors (Lipinski definition) is 2. The summed E-state index contributed by atoms with van der Waals surface area (Å²) in [7, 11) is 4.50. The fourth-order valence-electron chi connectivity index (χ4n) is 4.15. The SMILES string of the molecule is COc1cc(C(=O)c2cc(C)c3[nH]c4ccc(C(=O)O)cc4c3c2C)cc(OC)c1OC. The first-order valence-electron chi connectivity index (χ1n) is 9.94. The highest BCUT2D eigenvalue weighted by Crippen LogP contribution is 2.40. The zero-order chi connectivity index (χ0) is 23.2. The number of hydrogen-bond acceptors (Lipinski definition) is 5. The minimum absolute atomic E-state index is 0.191. The Bertz CT molecular complexity index is 1370. The zero-order valence-electron chi connectivity index (χ0n) is 18.5. The summed E-state index contributed by atoms with van der Waals surface area (Å²) in [6.07, 6.45) is 0. The molecule has 32 heavy (non-hydrogen) atoms. The average molecular weight is 433 g/mol. The number of aromatic amines is 1. The highest BCUT2D eigenvalue weighted by molar-refractivity contribution is 6.18. The van der Waals surface area contributed by atoms with E-state index in [0.717, 1.165) is 32.9 Å². The molecule has 1 aromatic heterocycles. The quantitative estimate of drug-likeness (QED) is 0.420. The largest absolute Gasteiger partial charge is 0.493 e. The van der Waals surface area contributed by atoms with Crippen molar-refractivity contribution in [2.24, 2.45) is 0 Å². The number of aromatic nitrogens is 1. The van der Waals surface area contributed by atoms with Gasteiger partial charge in [-0.1, -0.05) is 0 Å². The lowest BCUT2D eigenvalue weighted by Crippen LogP contribution is -2.07. The summed E-state index contributed by atoms with van der Waals surface area (Å²) >= 11 is 0. The molecule has 1 heterocycles. The van der Waals surface area contributed by atoms with E-state index in [1.165, 1.54) is 21.3 Å². The number of H-pyrrole nitrogens is 1. The van der Waals surface area contributed by atoms with Crippen molar-refractivity contribution < 1.29 is 28.9 Å². The van der Waals surface area contributed by atoms with Gasteiger partial charge in [-0.25, -0.2) is 4.79 Å². The van der Waals surface area contributed by atoms with Gasteiger partial charge in [-0.2, -0.15) is 0 Å². The molecule has 2 N–H and O–H groups in total. The van der Waals surface area contributed by atoms with Crippen molar-refractivity contribution in [3.63, 3.8) is 0 Å². The highest BCUT2D eigenvalue weighted by Gasteiger charge is 2.22. The van der Waals surface area contributed by atoms with Crippen molar-refractivity contribution in [3.8, 4) is 17.2 Å². The molecule has 4 rings (SSSR count). The second-order valence-electron chi connectivity index (χ2n) is 7.55. The Hall–Kier alpha value is -4.00. The molecule has 0 unspecified atom stereocenters. The molecule has 7 nitrogen and oxygen atoms in total. The predicted octanol–water partition coefficient (Wildman–Crippen LogP) is 4.89. The summed E-state index contributed by atoms with van der Waals surface area (Å²) in [5, 5.41) is 11.0. The third-order valence-electron chi connectivity index (χ3n) is 5.75. The summed E-state index contributed by atoms with van der Waals surface area (Å²) in [5.74, 6) is -0.00352. The van der Waals surface area contributed by atoms with Gasteiger partial charge < -0.3 is 24.3 Å². The molecular weight excluding hydrogens is 410 g/mol. The Kier molecular flexibility index (Phi) is 5.26. The molecule has 0 amide bonds. The van der Waals surface area contributed by atoms with E-state index in [9.17, 15) is 14.7 Å². The Balaban J connectivity index is 1.96. The maximum atomic E-state index is 13.6. The Morgan fingerprint density at radius 2 is 1.53 bits per heavy atom. The molecule has 0 spiro atoms. The van der Waals surface area contributed by atoms with Crippen LogP contribution in [0.1, 0.15) is 37.4 Å². The summed E-state index contributed by atoms with van der Waals surface area (Å²) in [6, 6.07) is 10.0. The predicted molar refractivity (Wildman–Crippen MR) is 122 cm³/mol. The van der Waals surface area contributed by atoms with E-state index in [0.29, 0.717) is 28.4 Å². The molecule has 0 radical (unpaired) electrons. The van der Waals surface area contributed by atoms with Crippen LogP contribution in [0.25, 0.3) is 21.8 Å². The number of ether oxygens (including phenoxy) is 3. The van der Waals surface area contributed by atoms with E-state index in [-0.39, 0.29) is 11.3 Å². The van der Waals surface area contributed by atoms with Gasteiger partial charge in [0.1, 0.15) is 0 Å². The molecule has 0 saturated carbocycles. The second-order valence-corrected chi connectivity index (χ2v) is 7.55. The van der Waals surface area contributed by atoms with Crippen LogP contribution in [0.2, 0.25) is 0 Å². The fraction of sp³-hybridized carbons (Fsp3) is 0.200. The molecule has 0 saturated heterocycles. The van der Waals surface area contributed by atoms with Crippen molar-refractivity contribution in [3.05, 3.63) is 64.2 Å². The molecule has 0 aliphatic carbocycles. The maximum Gasteiger partial charge on any atom is 0.335 e. The van der Waals surface area contributed by atoms with Crippen LogP contribution in [0.3, 0.4) is 0 Å². The third kappa shape index (κ3) is 3.22. The first-order valence-corrected chi connectivity index (χ1v) is 9.94. The zero-order valence-corrected chi connectivity index (χ0v) is 18.5. The van der Waals surface area contributed by atoms with Crippen molar-refractivity contribution in [1.82, 2.24) is 4.98 Å². The van der Waals surface area contributed by atoms with Crippen molar-refractivity contribution >= 4 is 33.6 Å². The van der Waals surface area contributed by atoms with Crippen LogP contribution < -0.4 is 14.2 Å². The molecule has 0 bridgehead atoms. The van der Waals surface area contributed by atoms with E-state index >= 15 is 0 Å². The van der Waals surface area contributed by atoms with Crippen LogP contribution in [-0.4, -0.2) is 43.2 Å². The smallest absolute Gasteiger partial charge is 0.335 e. The molecule has 4 aromatic rings. The molecule has 0 aliphatic heterocycles. The molecule has 0 atom stereocenters. The number of carboxylic acids is 1. The van der Waals surface area contributed by atoms with Gasteiger partial charge in [0.2, 0.25) is 5.75 Å². The first kappa shape index (κ1) is 21.2. The molecule has 0 aliphatic rings. The van der Waals surface area contributed by atoms with Crippen LogP contribution in [0.5, 0.6) is 17.2 Å². The normalized spacial score (nSPS) is 11.0. The third-order valence-corrected chi connectivity index (χ3v) is 5.75. The number of carbonyl (C=O) groups excluding carboxylic acids is 1. The second kappa shape index (κ2) is 7.92. The van der Waals surface area contributed by atoms with Crippen molar-refractivity contribution in [2.75, 3.05) is 21.3 Å². The summed E-state index contributed by atoms with van der Waals surface area (Å²) in [6.45, 7) is 3.79. The van der Waals surface area contributed by atoms with E-state index < -0.39 is 5.97 Å². The fourth-order valence-corrected chi connectivity index (χ4v) is 4.15.